The molecular formula is C14H14F2OS. The predicted octanol–water partition coefficient (Wildman–Crippen LogP) is 3.92. The highest BCUT2D eigenvalue weighted by Crippen LogP contribution is 2.28. The molecule has 2 rings (SSSR count). The fraction of sp³-hybridized carbons (Fsp3) is 0.286. The maximum atomic E-state index is 13.1. The molecule has 1 atom stereocenters. The van der Waals surface area contributed by atoms with Crippen molar-refractivity contribution in [2.75, 3.05) is 0 Å². The molecule has 0 aliphatic heterocycles. The lowest BCUT2D eigenvalue weighted by molar-refractivity contribution is 0.178. The van der Waals surface area contributed by atoms with Gasteiger partial charge in [0.05, 0.1) is 6.10 Å². The van der Waals surface area contributed by atoms with Crippen molar-refractivity contribution in [3.63, 3.8) is 0 Å². The van der Waals surface area contributed by atoms with E-state index in [2.05, 4.69) is 0 Å². The molecule has 0 fully saturated rings. The largest absolute Gasteiger partial charge is 0.388 e. The van der Waals surface area contributed by atoms with Crippen LogP contribution in [0.5, 0.6) is 0 Å². The fourth-order valence-electron chi connectivity index (χ4n) is 1.98. The second-order valence-electron chi connectivity index (χ2n) is 4.34. The van der Waals surface area contributed by atoms with Gasteiger partial charge in [0, 0.05) is 16.2 Å². The minimum Gasteiger partial charge on any atom is -0.388 e. The summed E-state index contributed by atoms with van der Waals surface area (Å²) in [7, 11) is 0. The molecule has 1 unspecified atom stereocenters. The smallest absolute Gasteiger partial charge is 0.159 e. The SMILES string of the molecule is Cc1cc(C(O)Cc2ccc(F)c(F)c2)c(C)s1. The van der Waals surface area contributed by atoms with Crippen LogP contribution in [-0.4, -0.2) is 5.11 Å². The molecule has 0 amide bonds. The van der Waals surface area contributed by atoms with E-state index in [0.717, 1.165) is 27.5 Å². The average Bonchev–Trinajstić information content (AvgIpc) is 2.63. The molecule has 1 aromatic carbocycles. The van der Waals surface area contributed by atoms with Gasteiger partial charge in [0.1, 0.15) is 0 Å². The van der Waals surface area contributed by atoms with Gasteiger partial charge in [0.15, 0.2) is 11.6 Å². The summed E-state index contributed by atoms with van der Waals surface area (Å²) in [4.78, 5) is 2.19. The standard InChI is InChI=1S/C14H14F2OS/c1-8-5-11(9(2)18-8)14(17)7-10-3-4-12(15)13(16)6-10/h3-6,14,17H,7H2,1-2H3. The van der Waals surface area contributed by atoms with Gasteiger partial charge in [-0.15, -0.1) is 11.3 Å². The Bertz CT molecular complexity index is 563. The average molecular weight is 268 g/mol. The van der Waals surface area contributed by atoms with Crippen molar-refractivity contribution in [1.29, 1.82) is 0 Å². The Kier molecular flexibility index (Phi) is 3.78. The second kappa shape index (κ2) is 5.16. The van der Waals surface area contributed by atoms with Crippen molar-refractivity contribution >= 4 is 11.3 Å². The topological polar surface area (TPSA) is 20.2 Å². The maximum absolute atomic E-state index is 13.1. The normalized spacial score (nSPS) is 12.7. The highest BCUT2D eigenvalue weighted by Gasteiger charge is 2.14. The van der Waals surface area contributed by atoms with Gasteiger partial charge in [-0.3, -0.25) is 0 Å². The molecule has 1 aromatic heterocycles. The van der Waals surface area contributed by atoms with Crippen molar-refractivity contribution in [3.05, 3.63) is 56.8 Å². The molecular weight excluding hydrogens is 254 g/mol. The van der Waals surface area contributed by atoms with E-state index >= 15 is 0 Å². The minimum atomic E-state index is -0.877. The van der Waals surface area contributed by atoms with Crippen LogP contribution in [0.25, 0.3) is 0 Å². The Morgan fingerprint density at radius 1 is 1.17 bits per heavy atom. The van der Waals surface area contributed by atoms with E-state index in [1.165, 1.54) is 6.07 Å². The van der Waals surface area contributed by atoms with E-state index in [4.69, 9.17) is 0 Å². The number of hydrogen-bond acceptors (Lipinski definition) is 2. The first-order valence-corrected chi connectivity index (χ1v) is 6.48. The predicted molar refractivity (Wildman–Crippen MR) is 68.8 cm³/mol. The van der Waals surface area contributed by atoms with Gasteiger partial charge in [-0.1, -0.05) is 6.07 Å². The molecule has 0 radical (unpaired) electrons. The van der Waals surface area contributed by atoms with Gasteiger partial charge in [-0.2, -0.15) is 0 Å². The van der Waals surface area contributed by atoms with Crippen LogP contribution in [0.1, 0.15) is 27.0 Å². The van der Waals surface area contributed by atoms with Crippen molar-refractivity contribution in [3.8, 4) is 0 Å². The summed E-state index contributed by atoms with van der Waals surface area (Å²) in [5, 5.41) is 10.1. The number of hydrogen-bond donors (Lipinski definition) is 1. The van der Waals surface area contributed by atoms with Crippen molar-refractivity contribution in [1.82, 2.24) is 0 Å². The third-order valence-corrected chi connectivity index (χ3v) is 3.83. The monoisotopic (exact) mass is 268 g/mol. The Labute approximate surface area is 109 Å². The van der Waals surface area contributed by atoms with Gasteiger partial charge in [0.25, 0.3) is 0 Å². The van der Waals surface area contributed by atoms with Crippen LogP contribution in [0, 0.1) is 25.5 Å². The third kappa shape index (κ3) is 2.76. The number of rotatable bonds is 3. The van der Waals surface area contributed by atoms with E-state index in [9.17, 15) is 13.9 Å². The van der Waals surface area contributed by atoms with Crippen LogP contribution < -0.4 is 0 Å². The highest BCUT2D eigenvalue weighted by molar-refractivity contribution is 7.12. The molecule has 18 heavy (non-hydrogen) atoms. The van der Waals surface area contributed by atoms with E-state index in [1.807, 2.05) is 19.9 Å². The van der Waals surface area contributed by atoms with E-state index in [-0.39, 0.29) is 6.42 Å². The molecule has 1 N–H and O–H groups in total. The Balaban J connectivity index is 2.18. The third-order valence-electron chi connectivity index (χ3n) is 2.85. The van der Waals surface area contributed by atoms with Crippen LogP contribution in [0.3, 0.4) is 0 Å². The number of benzene rings is 1. The van der Waals surface area contributed by atoms with Gasteiger partial charge < -0.3 is 5.11 Å². The summed E-state index contributed by atoms with van der Waals surface area (Å²) < 4.78 is 25.9. The van der Waals surface area contributed by atoms with Gasteiger partial charge in [-0.25, -0.2) is 8.78 Å². The first-order chi connectivity index (χ1) is 8.47. The van der Waals surface area contributed by atoms with Gasteiger partial charge >= 0.3 is 0 Å². The zero-order chi connectivity index (χ0) is 13.3. The number of thiophene rings is 1. The fourth-order valence-corrected chi connectivity index (χ4v) is 2.96. The molecule has 0 saturated heterocycles. The van der Waals surface area contributed by atoms with Gasteiger partial charge in [-0.05, 0) is 43.2 Å². The number of aliphatic hydroxyl groups excluding tert-OH is 1. The van der Waals surface area contributed by atoms with Crippen LogP contribution in [0.15, 0.2) is 24.3 Å². The summed E-state index contributed by atoms with van der Waals surface area (Å²) in [5.74, 6) is -1.74. The number of aryl methyl sites for hydroxylation is 2. The first-order valence-electron chi connectivity index (χ1n) is 5.66. The molecule has 0 aliphatic carbocycles. The zero-order valence-electron chi connectivity index (χ0n) is 10.2. The summed E-state index contributed by atoms with van der Waals surface area (Å²) >= 11 is 1.62. The van der Waals surface area contributed by atoms with Crippen LogP contribution >= 0.6 is 11.3 Å². The second-order valence-corrected chi connectivity index (χ2v) is 5.80. The molecule has 0 bridgehead atoms. The van der Waals surface area contributed by atoms with Crippen LogP contribution in [0.2, 0.25) is 0 Å². The highest BCUT2D eigenvalue weighted by atomic mass is 32.1. The molecule has 96 valence electrons. The van der Waals surface area contributed by atoms with E-state index < -0.39 is 17.7 Å². The van der Waals surface area contributed by atoms with Crippen LogP contribution in [-0.2, 0) is 6.42 Å². The first kappa shape index (κ1) is 13.2. The van der Waals surface area contributed by atoms with E-state index in [0.29, 0.717) is 5.56 Å². The van der Waals surface area contributed by atoms with Crippen LogP contribution in [0.4, 0.5) is 8.78 Å². The molecule has 1 heterocycles. The Morgan fingerprint density at radius 3 is 2.44 bits per heavy atom. The van der Waals surface area contributed by atoms with Crippen molar-refractivity contribution in [2.45, 2.75) is 26.4 Å². The quantitative estimate of drug-likeness (QED) is 0.894. The minimum absolute atomic E-state index is 0.286. The molecule has 0 saturated carbocycles. The number of aliphatic hydroxyl groups is 1. The Hall–Kier alpha value is -1.26. The summed E-state index contributed by atoms with van der Waals surface area (Å²) in [5.41, 5.74) is 1.45. The molecule has 1 nitrogen and oxygen atoms in total. The summed E-state index contributed by atoms with van der Waals surface area (Å²) in [6.07, 6.45) is -0.395. The van der Waals surface area contributed by atoms with Crippen molar-refractivity contribution in [2.24, 2.45) is 0 Å². The molecule has 0 spiro atoms. The zero-order valence-corrected chi connectivity index (χ0v) is 11.0. The lowest BCUT2D eigenvalue weighted by Gasteiger charge is -2.10. The maximum Gasteiger partial charge on any atom is 0.159 e. The van der Waals surface area contributed by atoms with Gasteiger partial charge in [0.2, 0.25) is 0 Å². The Morgan fingerprint density at radius 2 is 1.89 bits per heavy atom. The summed E-state index contributed by atoms with van der Waals surface area (Å²) in [6, 6.07) is 5.65. The number of halogens is 2. The lowest BCUT2D eigenvalue weighted by Crippen LogP contribution is -2.02. The summed E-state index contributed by atoms with van der Waals surface area (Å²) in [6.45, 7) is 3.92. The lowest BCUT2D eigenvalue weighted by atomic mass is 10.0. The van der Waals surface area contributed by atoms with Crippen molar-refractivity contribution < 1.29 is 13.9 Å². The molecule has 0 aliphatic rings. The van der Waals surface area contributed by atoms with E-state index in [1.54, 1.807) is 11.3 Å². The molecule has 4 heteroatoms. The molecule has 2 aromatic rings.